The topological polar surface area (TPSA) is 20.2 Å². The molecule has 0 spiro atoms. The number of aliphatic hydroxyl groups excluding tert-OH is 1. The molecule has 4 rings (SSSR count). The van der Waals surface area contributed by atoms with Crippen LogP contribution in [0.15, 0.2) is 78.9 Å². The average Bonchev–Trinajstić information content (AvgIpc) is 3.30. The van der Waals surface area contributed by atoms with Gasteiger partial charge >= 0.3 is 41.9 Å². The Morgan fingerprint density at radius 2 is 1.33 bits per heavy atom. The number of fused-ring (bicyclic) bond motifs is 3. The third-order valence-electron chi connectivity index (χ3n) is 4.70. The standard InChI is InChI=1S/C13H9.C9H15OSi.C2H6Si.2ClH.Zr/c1-3-7-12-10(5-1)9-11-6-2-4-8-13(11)12;1-11(2,8-7-10)9-5-3-4-6-9;1-3-2;;;/h1-9H;3-6,10H,7-8H2,1-2H3;1-2H3;2*1H;/q2*-1;;;;+2/p-2. The number of aliphatic hydroxyl groups is 1. The Hall–Kier alpha value is -0.483. The molecule has 0 atom stereocenters. The van der Waals surface area contributed by atoms with Crippen molar-refractivity contribution < 1.29 is 53.3 Å². The zero-order valence-corrected chi connectivity index (χ0v) is 24.1. The normalized spacial score (nSPS) is 10.1. The van der Waals surface area contributed by atoms with Gasteiger partial charge in [-0.2, -0.15) is 17.3 Å². The SMILES string of the molecule is C[Si](C)(CCO)c1ccc[cH-]1.C[Si](C)=[Zr+2].[Cl-].[Cl-].c1ccc2c(c1)[cH-]c1ccccc12. The van der Waals surface area contributed by atoms with E-state index in [9.17, 15) is 0 Å². The van der Waals surface area contributed by atoms with Crippen molar-refractivity contribution in [3.8, 4) is 0 Å². The van der Waals surface area contributed by atoms with Crippen LogP contribution in [0.4, 0.5) is 0 Å². The van der Waals surface area contributed by atoms with Crippen LogP contribution < -0.4 is 30.0 Å². The first kappa shape index (κ1) is 29.5. The van der Waals surface area contributed by atoms with Gasteiger partial charge in [0.15, 0.2) is 0 Å². The van der Waals surface area contributed by atoms with Gasteiger partial charge in [-0.05, 0) is 6.04 Å². The van der Waals surface area contributed by atoms with Gasteiger partial charge in [0.1, 0.15) is 0 Å². The summed E-state index contributed by atoms with van der Waals surface area (Å²) in [5.74, 6) is 0. The monoisotopic (exact) mass is 550 g/mol. The maximum Gasteiger partial charge on any atom is -0.0771 e. The van der Waals surface area contributed by atoms with Gasteiger partial charge in [0, 0.05) is 6.61 Å². The molecule has 0 unspecified atom stereocenters. The molecule has 0 bridgehead atoms. The van der Waals surface area contributed by atoms with Crippen molar-refractivity contribution in [2.24, 2.45) is 0 Å². The smallest absolute Gasteiger partial charge is 0.0771 e. The van der Waals surface area contributed by atoms with Gasteiger partial charge in [-0.1, -0.05) is 49.5 Å². The molecule has 0 aliphatic rings. The minimum Gasteiger partial charge on any atom is -1.00 e. The molecule has 30 heavy (non-hydrogen) atoms. The third-order valence-corrected chi connectivity index (χ3v) is 8.07. The van der Waals surface area contributed by atoms with Crippen LogP contribution in [0, 0.1) is 0 Å². The average molecular weight is 553 g/mol. The minimum atomic E-state index is -1.28. The van der Waals surface area contributed by atoms with Gasteiger partial charge in [0.05, 0.1) is 8.07 Å². The number of halogens is 2. The van der Waals surface area contributed by atoms with Gasteiger partial charge in [0.25, 0.3) is 0 Å². The molecule has 0 amide bonds. The Bertz CT molecular complexity index is 956. The molecule has 0 radical (unpaired) electrons. The summed E-state index contributed by atoms with van der Waals surface area (Å²) in [5.41, 5.74) is 0.210. The second-order valence-electron chi connectivity index (χ2n) is 7.85. The van der Waals surface area contributed by atoms with Crippen LogP contribution in [0.5, 0.6) is 0 Å². The zero-order chi connectivity index (χ0) is 20.6. The summed E-state index contributed by atoms with van der Waals surface area (Å²) < 4.78 is 0. The van der Waals surface area contributed by atoms with E-state index in [0.717, 1.165) is 6.04 Å². The van der Waals surface area contributed by atoms with Crippen molar-refractivity contribution >= 4 is 40.2 Å². The third kappa shape index (κ3) is 8.94. The maximum atomic E-state index is 8.84. The Labute approximate surface area is 209 Å². The quantitative estimate of drug-likeness (QED) is 0.276. The van der Waals surface area contributed by atoms with E-state index in [1.165, 1.54) is 26.7 Å². The van der Waals surface area contributed by atoms with E-state index in [4.69, 9.17) is 5.11 Å². The Morgan fingerprint density at radius 1 is 0.867 bits per heavy atom. The van der Waals surface area contributed by atoms with Gasteiger partial charge in [-0.25, -0.2) is 12.1 Å². The van der Waals surface area contributed by atoms with Crippen molar-refractivity contribution in [3.05, 3.63) is 78.9 Å². The largest absolute Gasteiger partial charge is 1.00 e. The summed E-state index contributed by atoms with van der Waals surface area (Å²) in [4.78, 5) is 0. The molecular weight excluding hydrogens is 523 g/mol. The molecular formula is C24H30Cl2OSi2Zr-2. The predicted octanol–water partition coefficient (Wildman–Crippen LogP) is -0.183. The predicted molar refractivity (Wildman–Crippen MR) is 126 cm³/mol. The molecule has 4 aromatic rings. The Balaban J connectivity index is 0.000000457. The van der Waals surface area contributed by atoms with E-state index in [1.807, 2.05) is 0 Å². The fourth-order valence-corrected chi connectivity index (χ4v) is 5.10. The van der Waals surface area contributed by atoms with E-state index in [-0.39, 0.29) is 30.2 Å². The first-order valence-corrected chi connectivity index (χ1v) is 19.1. The maximum absolute atomic E-state index is 8.84. The second-order valence-corrected chi connectivity index (χ2v) is 22.1. The minimum absolute atomic E-state index is 0. The molecule has 0 aliphatic heterocycles. The van der Waals surface area contributed by atoms with Crippen LogP contribution in [-0.2, 0) is 23.3 Å². The fourth-order valence-electron chi connectivity index (χ4n) is 3.15. The molecule has 0 aliphatic carbocycles. The second kappa shape index (κ2) is 14.6. The summed E-state index contributed by atoms with van der Waals surface area (Å²) in [6, 6.07) is 28.7. The number of hydrogen-bond donors (Lipinski definition) is 1. The van der Waals surface area contributed by atoms with Crippen LogP contribution in [-0.4, -0.2) is 25.2 Å². The molecule has 4 aromatic carbocycles. The summed E-state index contributed by atoms with van der Waals surface area (Å²) in [6.45, 7) is 9.52. The summed E-state index contributed by atoms with van der Waals surface area (Å²) in [6.07, 6.45) is 0. The van der Waals surface area contributed by atoms with E-state index < -0.39 is 8.07 Å². The number of benzene rings is 2. The van der Waals surface area contributed by atoms with Crippen LogP contribution >= 0.6 is 0 Å². The zero-order valence-electron chi connectivity index (χ0n) is 18.1. The molecule has 1 N–H and O–H groups in total. The van der Waals surface area contributed by atoms with Crippen LogP contribution in [0.3, 0.4) is 0 Å². The van der Waals surface area contributed by atoms with Crippen molar-refractivity contribution in [2.75, 3.05) is 6.61 Å². The van der Waals surface area contributed by atoms with Gasteiger partial charge in [-0.3, -0.25) is 0 Å². The van der Waals surface area contributed by atoms with Gasteiger partial charge in [0.2, 0.25) is 0 Å². The molecule has 0 saturated carbocycles. The fraction of sp³-hybridized carbons (Fsp3) is 0.250. The van der Waals surface area contributed by atoms with Crippen molar-refractivity contribution in [3.63, 3.8) is 0 Å². The van der Waals surface area contributed by atoms with Crippen molar-refractivity contribution in [2.45, 2.75) is 32.2 Å². The van der Waals surface area contributed by atoms with Crippen molar-refractivity contribution in [1.82, 2.24) is 0 Å². The number of rotatable bonds is 3. The van der Waals surface area contributed by atoms with E-state index >= 15 is 0 Å². The van der Waals surface area contributed by atoms with Crippen LogP contribution in [0.25, 0.3) is 21.5 Å². The Kier molecular flexibility index (Phi) is 14.3. The van der Waals surface area contributed by atoms with Crippen molar-refractivity contribution in [1.29, 1.82) is 0 Å². The molecule has 6 heteroatoms. The van der Waals surface area contributed by atoms with Gasteiger partial charge < -0.3 is 29.9 Å². The van der Waals surface area contributed by atoms with E-state index in [0.29, 0.717) is 6.61 Å². The summed E-state index contributed by atoms with van der Waals surface area (Å²) in [5, 5.41) is 15.7. The molecule has 160 valence electrons. The molecule has 0 heterocycles. The summed E-state index contributed by atoms with van der Waals surface area (Å²) >= 11 is 1.74. The molecule has 0 aromatic heterocycles. The van der Waals surface area contributed by atoms with Crippen LogP contribution in [0.2, 0.25) is 32.2 Å². The van der Waals surface area contributed by atoms with Crippen LogP contribution in [0.1, 0.15) is 0 Å². The summed E-state index contributed by atoms with van der Waals surface area (Å²) in [7, 11) is -1.28. The molecule has 0 fully saturated rings. The Morgan fingerprint density at radius 3 is 1.73 bits per heavy atom. The van der Waals surface area contributed by atoms with E-state index in [1.54, 1.807) is 23.3 Å². The van der Waals surface area contributed by atoms with E-state index in [2.05, 4.69) is 105 Å². The first-order chi connectivity index (χ1) is 13.3. The first-order valence-electron chi connectivity index (χ1n) is 9.73. The molecule has 1 nitrogen and oxygen atoms in total. The molecule has 0 saturated heterocycles. The number of hydrogen-bond acceptors (Lipinski definition) is 1. The van der Waals surface area contributed by atoms with Gasteiger partial charge in [-0.15, -0.1) is 39.7 Å².